The first-order valence-electron chi connectivity index (χ1n) is 6.78. The van der Waals surface area contributed by atoms with Crippen LogP contribution in [0, 0.1) is 5.41 Å². The summed E-state index contributed by atoms with van der Waals surface area (Å²) in [5.74, 6) is 0. The van der Waals surface area contributed by atoms with Crippen molar-refractivity contribution in [1.29, 1.82) is 0 Å². The van der Waals surface area contributed by atoms with Gasteiger partial charge >= 0.3 is 0 Å². The summed E-state index contributed by atoms with van der Waals surface area (Å²) in [4.78, 5) is 2.43. The minimum Gasteiger partial charge on any atom is -0.383 e. The van der Waals surface area contributed by atoms with Crippen molar-refractivity contribution < 1.29 is 4.74 Å². The molecule has 0 unspecified atom stereocenters. The lowest BCUT2D eigenvalue weighted by Gasteiger charge is -2.40. The monoisotopic (exact) mass is 240 g/mol. The maximum atomic E-state index is 6.03. The molecule has 0 atom stereocenters. The minimum absolute atomic E-state index is 0.342. The molecule has 0 aromatic carbocycles. The van der Waals surface area contributed by atoms with E-state index in [2.05, 4.69) is 11.5 Å². The van der Waals surface area contributed by atoms with E-state index in [-0.39, 0.29) is 0 Å². The molecular weight excluding hydrogens is 212 g/mol. The SMILES string of the molecule is C=CCN(CCOC)CC1(CN)CCCCC1. The lowest BCUT2D eigenvalue weighted by molar-refractivity contribution is 0.0919. The molecule has 1 saturated carbocycles. The maximum Gasteiger partial charge on any atom is 0.0589 e. The average Bonchev–Trinajstić information content (AvgIpc) is 2.37. The lowest BCUT2D eigenvalue weighted by atomic mass is 9.73. The van der Waals surface area contributed by atoms with E-state index in [1.807, 2.05) is 6.08 Å². The molecule has 17 heavy (non-hydrogen) atoms. The van der Waals surface area contributed by atoms with Crippen LogP contribution >= 0.6 is 0 Å². The predicted molar refractivity (Wildman–Crippen MR) is 73.1 cm³/mol. The highest BCUT2D eigenvalue weighted by atomic mass is 16.5. The Morgan fingerprint density at radius 2 is 2.06 bits per heavy atom. The number of ether oxygens (including phenoxy) is 1. The first kappa shape index (κ1) is 14.7. The highest BCUT2D eigenvalue weighted by molar-refractivity contribution is 4.88. The summed E-state index contributed by atoms with van der Waals surface area (Å²) >= 11 is 0. The van der Waals surface area contributed by atoms with Gasteiger partial charge in [-0.15, -0.1) is 6.58 Å². The van der Waals surface area contributed by atoms with Crippen LogP contribution in [-0.4, -0.2) is 44.8 Å². The number of hydrogen-bond donors (Lipinski definition) is 1. The molecular formula is C14H28N2O. The van der Waals surface area contributed by atoms with Gasteiger partial charge in [-0.2, -0.15) is 0 Å². The third-order valence-electron chi connectivity index (χ3n) is 3.91. The topological polar surface area (TPSA) is 38.5 Å². The standard InChI is InChI=1S/C14H28N2O/c1-3-9-16(10-11-17-2)13-14(12-15)7-5-4-6-8-14/h3H,1,4-13,15H2,2H3. The van der Waals surface area contributed by atoms with Gasteiger partial charge in [0.2, 0.25) is 0 Å². The van der Waals surface area contributed by atoms with Crippen LogP contribution in [0.4, 0.5) is 0 Å². The zero-order chi connectivity index (χ0) is 12.6. The smallest absolute Gasteiger partial charge is 0.0589 e. The third-order valence-corrected chi connectivity index (χ3v) is 3.91. The maximum absolute atomic E-state index is 6.03. The van der Waals surface area contributed by atoms with Crippen molar-refractivity contribution in [2.24, 2.45) is 11.1 Å². The Hall–Kier alpha value is -0.380. The molecule has 1 rings (SSSR count). The molecule has 0 amide bonds. The highest BCUT2D eigenvalue weighted by Gasteiger charge is 2.32. The largest absolute Gasteiger partial charge is 0.383 e. The minimum atomic E-state index is 0.342. The Morgan fingerprint density at radius 1 is 1.35 bits per heavy atom. The van der Waals surface area contributed by atoms with Gasteiger partial charge in [0.05, 0.1) is 6.61 Å². The zero-order valence-corrected chi connectivity index (χ0v) is 11.3. The quantitative estimate of drug-likeness (QED) is 0.660. The van der Waals surface area contributed by atoms with Gasteiger partial charge in [0.15, 0.2) is 0 Å². The Balaban J connectivity index is 2.51. The summed E-state index contributed by atoms with van der Waals surface area (Å²) in [6.45, 7) is 8.44. The normalized spacial score (nSPS) is 19.5. The van der Waals surface area contributed by atoms with E-state index < -0.39 is 0 Å². The summed E-state index contributed by atoms with van der Waals surface area (Å²) in [6, 6.07) is 0. The summed E-state index contributed by atoms with van der Waals surface area (Å²) in [5.41, 5.74) is 6.37. The second kappa shape index (κ2) is 7.85. The summed E-state index contributed by atoms with van der Waals surface area (Å²) in [5, 5.41) is 0. The molecule has 2 N–H and O–H groups in total. The fraction of sp³-hybridized carbons (Fsp3) is 0.857. The molecule has 0 radical (unpaired) electrons. The van der Waals surface area contributed by atoms with Crippen LogP contribution in [0.1, 0.15) is 32.1 Å². The number of hydrogen-bond acceptors (Lipinski definition) is 3. The van der Waals surface area contributed by atoms with Crippen LogP contribution in [0.5, 0.6) is 0 Å². The van der Waals surface area contributed by atoms with Gasteiger partial charge in [0.25, 0.3) is 0 Å². The van der Waals surface area contributed by atoms with Crippen LogP contribution in [-0.2, 0) is 4.74 Å². The fourth-order valence-corrected chi connectivity index (χ4v) is 2.84. The first-order chi connectivity index (χ1) is 8.26. The van der Waals surface area contributed by atoms with Crippen molar-refractivity contribution in [3.05, 3.63) is 12.7 Å². The highest BCUT2D eigenvalue weighted by Crippen LogP contribution is 2.36. The molecule has 0 aromatic rings. The van der Waals surface area contributed by atoms with Crippen molar-refractivity contribution in [2.45, 2.75) is 32.1 Å². The van der Waals surface area contributed by atoms with E-state index >= 15 is 0 Å². The van der Waals surface area contributed by atoms with Gasteiger partial charge in [-0.05, 0) is 24.8 Å². The first-order valence-corrected chi connectivity index (χ1v) is 6.78. The van der Waals surface area contributed by atoms with Crippen LogP contribution in [0.15, 0.2) is 12.7 Å². The zero-order valence-electron chi connectivity index (χ0n) is 11.3. The van der Waals surface area contributed by atoms with Crippen molar-refractivity contribution in [3.8, 4) is 0 Å². The van der Waals surface area contributed by atoms with E-state index in [1.165, 1.54) is 32.1 Å². The van der Waals surface area contributed by atoms with Gasteiger partial charge in [-0.3, -0.25) is 4.90 Å². The van der Waals surface area contributed by atoms with Gasteiger partial charge < -0.3 is 10.5 Å². The Labute approximate surface area is 106 Å². The van der Waals surface area contributed by atoms with Gasteiger partial charge in [0, 0.05) is 26.7 Å². The molecule has 1 aliphatic rings. The van der Waals surface area contributed by atoms with E-state index in [1.54, 1.807) is 7.11 Å². The average molecular weight is 240 g/mol. The molecule has 100 valence electrons. The summed E-state index contributed by atoms with van der Waals surface area (Å²) < 4.78 is 5.17. The number of rotatable bonds is 8. The van der Waals surface area contributed by atoms with Gasteiger partial charge in [0.1, 0.15) is 0 Å². The van der Waals surface area contributed by atoms with Crippen LogP contribution in [0.3, 0.4) is 0 Å². The Bertz CT molecular complexity index is 212. The molecule has 1 fully saturated rings. The van der Waals surface area contributed by atoms with E-state index in [9.17, 15) is 0 Å². The molecule has 0 aliphatic heterocycles. The third kappa shape index (κ3) is 4.78. The second-order valence-electron chi connectivity index (χ2n) is 5.28. The van der Waals surface area contributed by atoms with Gasteiger partial charge in [-0.25, -0.2) is 0 Å². The molecule has 0 heterocycles. The summed E-state index contributed by atoms with van der Waals surface area (Å²) in [6.07, 6.45) is 8.59. The van der Waals surface area contributed by atoms with Crippen molar-refractivity contribution in [1.82, 2.24) is 4.90 Å². The van der Waals surface area contributed by atoms with Crippen LogP contribution < -0.4 is 5.73 Å². The molecule has 3 nitrogen and oxygen atoms in total. The molecule has 0 saturated heterocycles. The molecule has 0 aromatic heterocycles. The number of nitrogens with two attached hydrogens (primary N) is 1. The Morgan fingerprint density at radius 3 is 2.59 bits per heavy atom. The van der Waals surface area contributed by atoms with E-state index in [4.69, 9.17) is 10.5 Å². The van der Waals surface area contributed by atoms with E-state index in [0.717, 1.165) is 32.8 Å². The second-order valence-corrected chi connectivity index (χ2v) is 5.28. The van der Waals surface area contributed by atoms with Crippen molar-refractivity contribution in [3.63, 3.8) is 0 Å². The summed E-state index contributed by atoms with van der Waals surface area (Å²) in [7, 11) is 1.76. The van der Waals surface area contributed by atoms with Crippen molar-refractivity contribution >= 4 is 0 Å². The molecule has 1 aliphatic carbocycles. The molecule has 0 spiro atoms. The predicted octanol–water partition coefficient (Wildman–Crippen LogP) is 2.03. The molecule has 0 bridgehead atoms. The van der Waals surface area contributed by atoms with Crippen LogP contribution in [0.2, 0.25) is 0 Å². The van der Waals surface area contributed by atoms with E-state index in [0.29, 0.717) is 5.41 Å². The van der Waals surface area contributed by atoms with Gasteiger partial charge in [-0.1, -0.05) is 25.3 Å². The fourth-order valence-electron chi connectivity index (χ4n) is 2.84. The Kier molecular flexibility index (Phi) is 6.78. The number of methoxy groups -OCH3 is 1. The molecule has 3 heteroatoms. The lowest BCUT2D eigenvalue weighted by Crippen LogP contribution is -2.45. The van der Waals surface area contributed by atoms with Crippen molar-refractivity contribution in [2.75, 3.05) is 39.9 Å². The van der Waals surface area contributed by atoms with Crippen LogP contribution in [0.25, 0.3) is 0 Å². The number of nitrogens with zero attached hydrogens (tertiary/aromatic N) is 1.